The van der Waals surface area contributed by atoms with Crippen LogP contribution >= 0.6 is 0 Å². The van der Waals surface area contributed by atoms with E-state index in [1.165, 1.54) is 38.5 Å². The van der Waals surface area contributed by atoms with E-state index in [-0.39, 0.29) is 23.3 Å². The zero-order valence-corrected chi connectivity index (χ0v) is 21.2. The van der Waals surface area contributed by atoms with Crippen molar-refractivity contribution in [2.75, 3.05) is 0 Å². The van der Waals surface area contributed by atoms with Crippen molar-refractivity contribution in [1.82, 2.24) is 0 Å². The van der Waals surface area contributed by atoms with Crippen LogP contribution in [0.15, 0.2) is 12.1 Å². The van der Waals surface area contributed by atoms with Crippen molar-refractivity contribution in [2.24, 2.45) is 17.8 Å². The molecule has 0 bridgehead atoms. The van der Waals surface area contributed by atoms with Gasteiger partial charge in [0.25, 0.3) is 0 Å². The average molecular weight is 457 g/mol. The number of benzene rings is 1. The van der Waals surface area contributed by atoms with Gasteiger partial charge >= 0.3 is 0 Å². The summed E-state index contributed by atoms with van der Waals surface area (Å²) in [5.74, 6) is -2.07. The summed E-state index contributed by atoms with van der Waals surface area (Å²) in [4.78, 5) is 0. The van der Waals surface area contributed by atoms with E-state index in [0.29, 0.717) is 12.5 Å². The minimum atomic E-state index is -1.13. The van der Waals surface area contributed by atoms with Crippen molar-refractivity contribution < 1.29 is 18.3 Å². The van der Waals surface area contributed by atoms with E-state index < -0.39 is 23.1 Å². The van der Waals surface area contributed by atoms with Gasteiger partial charge in [-0.3, -0.25) is 0 Å². The van der Waals surface area contributed by atoms with Crippen molar-refractivity contribution in [2.45, 2.75) is 124 Å². The van der Waals surface area contributed by atoms with Gasteiger partial charge in [-0.15, -0.1) is 0 Å². The van der Waals surface area contributed by atoms with Gasteiger partial charge in [-0.1, -0.05) is 92.4 Å². The normalized spacial score (nSPS) is 13.3. The van der Waals surface area contributed by atoms with Crippen molar-refractivity contribution in [1.29, 1.82) is 0 Å². The number of unbranched alkanes of at least 4 members (excludes halogenated alkanes) is 8. The molecule has 0 saturated heterocycles. The Bertz CT molecular complexity index is 634. The van der Waals surface area contributed by atoms with Crippen LogP contribution in [-0.2, 0) is 6.42 Å². The van der Waals surface area contributed by atoms with Gasteiger partial charge in [0, 0.05) is 6.07 Å². The van der Waals surface area contributed by atoms with Crippen molar-refractivity contribution in [3.8, 4) is 0 Å². The Morgan fingerprint density at radius 2 is 1.16 bits per heavy atom. The highest BCUT2D eigenvalue weighted by Gasteiger charge is 2.41. The predicted octanol–water partition coefficient (Wildman–Crippen LogP) is 9.01. The fourth-order valence-corrected chi connectivity index (χ4v) is 5.20. The van der Waals surface area contributed by atoms with E-state index in [2.05, 4.69) is 34.6 Å². The van der Waals surface area contributed by atoms with E-state index in [9.17, 15) is 18.3 Å². The van der Waals surface area contributed by atoms with Crippen LogP contribution in [0.4, 0.5) is 13.2 Å². The van der Waals surface area contributed by atoms with E-state index >= 15 is 0 Å². The molecular formula is C28H47F3O. The molecule has 1 aromatic carbocycles. The molecule has 1 atom stereocenters. The minimum Gasteiger partial charge on any atom is -0.389 e. The molecule has 1 rings (SSSR count). The molecule has 1 unspecified atom stereocenters. The van der Waals surface area contributed by atoms with Gasteiger partial charge in [-0.05, 0) is 55.1 Å². The molecule has 4 heteroatoms. The van der Waals surface area contributed by atoms with Gasteiger partial charge in [-0.25, -0.2) is 13.2 Å². The largest absolute Gasteiger partial charge is 0.389 e. The molecule has 0 spiro atoms. The second-order valence-corrected chi connectivity index (χ2v) is 10.3. The summed E-state index contributed by atoms with van der Waals surface area (Å²) in [6, 6.07) is 1.61. The summed E-state index contributed by atoms with van der Waals surface area (Å²) < 4.78 is 40.2. The number of aryl methyl sites for hydroxylation is 1. The van der Waals surface area contributed by atoms with Gasteiger partial charge < -0.3 is 5.11 Å². The van der Waals surface area contributed by atoms with Crippen LogP contribution in [0.1, 0.15) is 117 Å². The summed E-state index contributed by atoms with van der Waals surface area (Å²) in [5.41, 5.74) is -0.406. The second-order valence-electron chi connectivity index (χ2n) is 10.3. The molecule has 1 nitrogen and oxygen atoms in total. The highest BCUT2D eigenvalue weighted by molar-refractivity contribution is 5.20. The Morgan fingerprint density at radius 1 is 0.688 bits per heavy atom. The van der Waals surface area contributed by atoms with Crippen molar-refractivity contribution in [3.05, 3.63) is 35.1 Å². The second kappa shape index (κ2) is 15.0. The topological polar surface area (TPSA) is 20.2 Å². The zero-order chi connectivity index (χ0) is 24.1. The van der Waals surface area contributed by atoms with Crippen LogP contribution in [0.25, 0.3) is 0 Å². The molecule has 0 heterocycles. The average Bonchev–Trinajstić information content (AvgIpc) is 2.73. The van der Waals surface area contributed by atoms with Gasteiger partial charge in [0.1, 0.15) is 5.82 Å². The Kier molecular flexibility index (Phi) is 13.6. The lowest BCUT2D eigenvalue weighted by Gasteiger charge is -2.43. The van der Waals surface area contributed by atoms with Crippen LogP contribution in [0, 0.1) is 35.2 Å². The first-order chi connectivity index (χ1) is 15.1. The Labute approximate surface area is 195 Å². The van der Waals surface area contributed by atoms with Crippen LogP contribution in [0.2, 0.25) is 0 Å². The Morgan fingerprint density at radius 3 is 1.69 bits per heavy atom. The van der Waals surface area contributed by atoms with E-state index in [1.807, 2.05) is 0 Å². The number of rotatable bonds is 17. The zero-order valence-electron chi connectivity index (χ0n) is 21.2. The molecule has 0 aliphatic heterocycles. The predicted molar refractivity (Wildman–Crippen MR) is 129 cm³/mol. The lowest BCUT2D eigenvalue weighted by atomic mass is 9.68. The molecule has 0 aliphatic carbocycles. The summed E-state index contributed by atoms with van der Waals surface area (Å²) in [5, 5.41) is 11.6. The standard InChI is InChI=1S/C28H47F3O/c1-6-7-8-9-10-14-17-24(28(32,21(2)3)22(4)5)18-15-12-11-13-16-23-19-26(30)27(31)20-25(23)29/h19-22,24,32H,6-18H2,1-5H3. The summed E-state index contributed by atoms with van der Waals surface area (Å²) in [6.07, 6.45) is 13.8. The third-order valence-corrected chi connectivity index (χ3v) is 7.25. The molecule has 0 aromatic heterocycles. The SMILES string of the molecule is CCCCCCCCC(CCCCCCc1cc(F)c(F)cc1F)C(O)(C(C)C)C(C)C. The monoisotopic (exact) mass is 456 g/mol. The van der Waals surface area contributed by atoms with Crippen molar-refractivity contribution >= 4 is 0 Å². The highest BCUT2D eigenvalue weighted by atomic mass is 19.2. The van der Waals surface area contributed by atoms with E-state index in [1.54, 1.807) is 0 Å². The fourth-order valence-electron chi connectivity index (χ4n) is 5.20. The molecule has 1 N–H and O–H groups in total. The van der Waals surface area contributed by atoms with Gasteiger partial charge in [0.2, 0.25) is 0 Å². The quantitative estimate of drug-likeness (QED) is 0.183. The van der Waals surface area contributed by atoms with Crippen LogP contribution in [0.3, 0.4) is 0 Å². The first kappa shape index (κ1) is 29.0. The molecule has 0 amide bonds. The molecule has 0 fully saturated rings. The molecule has 1 aromatic rings. The van der Waals surface area contributed by atoms with Crippen LogP contribution in [-0.4, -0.2) is 10.7 Å². The molecule has 186 valence electrons. The molecule has 0 aliphatic rings. The lowest BCUT2D eigenvalue weighted by Crippen LogP contribution is -2.47. The van der Waals surface area contributed by atoms with Crippen LogP contribution < -0.4 is 0 Å². The highest BCUT2D eigenvalue weighted by Crippen LogP contribution is 2.39. The van der Waals surface area contributed by atoms with Gasteiger partial charge in [0.15, 0.2) is 11.6 Å². The molecule has 32 heavy (non-hydrogen) atoms. The first-order valence-electron chi connectivity index (χ1n) is 13.0. The number of halogens is 3. The summed E-state index contributed by atoms with van der Waals surface area (Å²) >= 11 is 0. The number of hydrogen-bond acceptors (Lipinski definition) is 1. The maximum atomic E-state index is 13.8. The van der Waals surface area contributed by atoms with Crippen molar-refractivity contribution in [3.63, 3.8) is 0 Å². The Hall–Kier alpha value is -1.03. The van der Waals surface area contributed by atoms with Crippen LogP contribution in [0.5, 0.6) is 0 Å². The smallest absolute Gasteiger partial charge is 0.161 e. The summed E-state index contributed by atoms with van der Waals surface area (Å²) in [7, 11) is 0. The maximum Gasteiger partial charge on any atom is 0.161 e. The minimum absolute atomic E-state index is 0.212. The van der Waals surface area contributed by atoms with E-state index in [4.69, 9.17) is 0 Å². The van der Waals surface area contributed by atoms with Gasteiger partial charge in [-0.2, -0.15) is 0 Å². The fraction of sp³-hybridized carbons (Fsp3) is 0.786. The third-order valence-electron chi connectivity index (χ3n) is 7.25. The van der Waals surface area contributed by atoms with Gasteiger partial charge in [0.05, 0.1) is 5.60 Å². The first-order valence-corrected chi connectivity index (χ1v) is 13.0. The van der Waals surface area contributed by atoms with E-state index in [0.717, 1.165) is 44.6 Å². The number of hydrogen-bond donors (Lipinski definition) is 1. The lowest BCUT2D eigenvalue weighted by molar-refractivity contribution is -0.102. The molecular weight excluding hydrogens is 409 g/mol. The molecule has 0 saturated carbocycles. The number of aliphatic hydroxyl groups is 1. The Balaban J connectivity index is 2.52. The molecule has 0 radical (unpaired) electrons. The maximum absolute atomic E-state index is 13.8. The third kappa shape index (κ3) is 9.08. The summed E-state index contributed by atoms with van der Waals surface area (Å²) in [6.45, 7) is 10.8.